The molecule has 338 valence electrons. The SMILES string of the molecule is COc1cc(OC)c(Cl)c(N(COCCCCCCCCCCCC(C)(C)C)C(=O)N(C)c2cc(N(C(=O)OC(C)(C)C)c3ccc(N4CCOCC4)cc3N)ncn2)c1Cl. The molecule has 1 aliphatic heterocycles. The Morgan fingerprint density at radius 2 is 1.39 bits per heavy atom. The number of ether oxygens (including phenoxy) is 5. The van der Waals surface area contributed by atoms with Crippen molar-refractivity contribution in [2.45, 2.75) is 111 Å². The number of hydrogen-bond donors (Lipinski definition) is 1. The van der Waals surface area contributed by atoms with E-state index < -0.39 is 17.7 Å². The predicted octanol–water partition coefficient (Wildman–Crippen LogP) is 11.3. The molecular weight excluding hydrogens is 821 g/mol. The highest BCUT2D eigenvalue weighted by Gasteiger charge is 2.32. The number of carbonyl (C=O) groups excluding carboxylic acids is 2. The Kier molecular flexibility index (Phi) is 18.9. The zero-order chi connectivity index (χ0) is 44.7. The van der Waals surface area contributed by atoms with Gasteiger partial charge in [-0.25, -0.2) is 24.5 Å². The summed E-state index contributed by atoms with van der Waals surface area (Å²) >= 11 is 13.7. The first-order valence-corrected chi connectivity index (χ1v) is 22.0. The third-order valence-electron chi connectivity index (χ3n) is 10.2. The van der Waals surface area contributed by atoms with Gasteiger partial charge in [0.2, 0.25) is 0 Å². The minimum atomic E-state index is -0.844. The van der Waals surface area contributed by atoms with Crippen LogP contribution in [0.2, 0.25) is 10.0 Å². The van der Waals surface area contributed by atoms with Crippen LogP contribution in [-0.2, 0) is 14.2 Å². The van der Waals surface area contributed by atoms with Gasteiger partial charge in [0.25, 0.3) is 0 Å². The Hall–Kier alpha value is -4.24. The van der Waals surface area contributed by atoms with Gasteiger partial charge >= 0.3 is 12.1 Å². The van der Waals surface area contributed by atoms with E-state index in [1.807, 2.05) is 6.07 Å². The summed E-state index contributed by atoms with van der Waals surface area (Å²) in [6.07, 6.45) is 12.3. The number of anilines is 6. The number of morpholine rings is 1. The lowest BCUT2D eigenvalue weighted by atomic mass is 9.89. The van der Waals surface area contributed by atoms with Crippen LogP contribution in [0.15, 0.2) is 36.7 Å². The van der Waals surface area contributed by atoms with Gasteiger partial charge in [-0.1, -0.05) is 95.3 Å². The zero-order valence-corrected chi connectivity index (χ0v) is 39.2. The number of methoxy groups -OCH3 is 2. The van der Waals surface area contributed by atoms with E-state index in [0.29, 0.717) is 49.7 Å². The molecule has 0 saturated carbocycles. The fourth-order valence-electron chi connectivity index (χ4n) is 6.89. The quantitative estimate of drug-likeness (QED) is 0.0657. The topological polar surface area (TPSA) is 145 Å². The van der Waals surface area contributed by atoms with E-state index in [1.54, 1.807) is 39.0 Å². The molecule has 1 fully saturated rings. The van der Waals surface area contributed by atoms with E-state index in [1.165, 1.54) is 93.3 Å². The minimum Gasteiger partial charge on any atom is -0.495 e. The molecule has 0 radical (unpaired) electrons. The summed E-state index contributed by atoms with van der Waals surface area (Å²) in [7, 11) is 4.46. The summed E-state index contributed by atoms with van der Waals surface area (Å²) in [6, 6.07) is 7.89. The van der Waals surface area contributed by atoms with Gasteiger partial charge in [-0.3, -0.25) is 9.80 Å². The summed E-state index contributed by atoms with van der Waals surface area (Å²) in [4.78, 5) is 43.4. The minimum absolute atomic E-state index is 0.0903. The molecule has 0 atom stereocenters. The molecule has 2 aromatic carbocycles. The number of nitrogens with zero attached hydrogens (tertiary/aromatic N) is 6. The van der Waals surface area contributed by atoms with Crippen molar-refractivity contribution in [3.63, 3.8) is 0 Å². The monoisotopic (exact) mass is 887 g/mol. The first kappa shape index (κ1) is 49.4. The maximum atomic E-state index is 14.6. The molecule has 14 nitrogen and oxygen atoms in total. The summed E-state index contributed by atoms with van der Waals surface area (Å²) in [5.41, 5.74) is 7.89. The molecule has 3 aromatic rings. The lowest BCUT2D eigenvalue weighted by Gasteiger charge is -2.31. The number of aromatic nitrogens is 2. The molecule has 4 rings (SSSR count). The average Bonchev–Trinajstić information content (AvgIpc) is 3.21. The number of nitrogen functional groups attached to an aromatic ring is 1. The highest BCUT2D eigenvalue weighted by atomic mass is 35.5. The zero-order valence-electron chi connectivity index (χ0n) is 37.7. The molecule has 3 amide bonds. The fraction of sp³-hybridized carbons (Fsp3) is 0.600. The van der Waals surface area contributed by atoms with Crippen LogP contribution in [-0.4, -0.2) is 88.6 Å². The van der Waals surface area contributed by atoms with Gasteiger partial charge in [0.15, 0.2) is 0 Å². The molecule has 1 saturated heterocycles. The van der Waals surface area contributed by atoms with Crippen LogP contribution in [0.3, 0.4) is 0 Å². The Morgan fingerprint density at radius 3 is 1.95 bits per heavy atom. The van der Waals surface area contributed by atoms with E-state index in [0.717, 1.165) is 24.9 Å². The van der Waals surface area contributed by atoms with Gasteiger partial charge in [0, 0.05) is 44.6 Å². The molecular formula is C45H67Cl2N7O7. The Labute approximate surface area is 372 Å². The van der Waals surface area contributed by atoms with Crippen molar-refractivity contribution in [1.82, 2.24) is 9.97 Å². The Bertz CT molecular complexity index is 1850. The number of benzene rings is 2. The summed E-state index contributed by atoms with van der Waals surface area (Å²) < 4.78 is 28.5. The highest BCUT2D eigenvalue weighted by molar-refractivity contribution is 6.42. The van der Waals surface area contributed by atoms with E-state index in [9.17, 15) is 9.59 Å². The Morgan fingerprint density at radius 1 is 0.820 bits per heavy atom. The molecule has 1 aromatic heterocycles. The highest BCUT2D eigenvalue weighted by Crippen LogP contribution is 2.46. The second-order valence-corrected chi connectivity index (χ2v) is 18.2. The predicted molar refractivity (Wildman–Crippen MR) is 247 cm³/mol. The van der Waals surface area contributed by atoms with Crippen molar-refractivity contribution in [2.24, 2.45) is 5.41 Å². The molecule has 0 aliphatic carbocycles. The number of hydrogen-bond acceptors (Lipinski definition) is 11. The van der Waals surface area contributed by atoms with Crippen LogP contribution in [0, 0.1) is 5.41 Å². The van der Waals surface area contributed by atoms with Crippen LogP contribution >= 0.6 is 23.2 Å². The molecule has 0 spiro atoms. The maximum Gasteiger partial charge on any atom is 0.420 e. The number of nitrogens with two attached hydrogens (primary N) is 1. The number of carbonyl (C=O) groups is 2. The number of halogens is 2. The number of unbranched alkanes of at least 4 members (excludes halogenated alkanes) is 8. The van der Waals surface area contributed by atoms with Gasteiger partial charge in [-0.15, -0.1) is 0 Å². The standard InChI is InChI=1S/C45H67Cl2N7O7/c1-44(2,3)21-17-15-13-11-10-12-14-16-18-24-60-31-53(41-39(46)35(57-8)28-36(58-9)40(41)47)42(55)51(7)37-29-38(50-30-49-37)54(43(56)61-45(4,5)6)34-20-19-32(27-33(34)48)52-22-25-59-26-23-52/h19-20,27-30H,10-18,21-26,31,48H2,1-9H3. The van der Waals surface area contributed by atoms with Gasteiger partial charge in [0.05, 0.1) is 44.5 Å². The average molecular weight is 889 g/mol. The first-order valence-electron chi connectivity index (χ1n) is 21.3. The molecule has 0 bridgehead atoms. The van der Waals surface area contributed by atoms with Crippen molar-refractivity contribution >= 4 is 69.7 Å². The normalized spacial score (nSPS) is 13.2. The van der Waals surface area contributed by atoms with Crippen LogP contribution in [0.25, 0.3) is 0 Å². The van der Waals surface area contributed by atoms with E-state index in [2.05, 4.69) is 35.6 Å². The Balaban J connectivity index is 1.54. The van der Waals surface area contributed by atoms with Gasteiger partial charge in [0.1, 0.15) is 51.8 Å². The fourth-order valence-corrected chi connectivity index (χ4v) is 7.59. The van der Waals surface area contributed by atoms with Crippen molar-refractivity contribution in [2.75, 3.05) is 86.2 Å². The smallest absolute Gasteiger partial charge is 0.420 e. The number of amides is 3. The van der Waals surface area contributed by atoms with Crippen LogP contribution in [0.4, 0.5) is 44.0 Å². The summed E-state index contributed by atoms with van der Waals surface area (Å²) in [5, 5.41) is 0.181. The first-order chi connectivity index (χ1) is 29.0. The molecule has 2 heterocycles. The van der Waals surface area contributed by atoms with Crippen molar-refractivity contribution in [3.05, 3.63) is 46.7 Å². The third kappa shape index (κ3) is 14.7. The second-order valence-electron chi connectivity index (χ2n) is 17.4. The van der Waals surface area contributed by atoms with Gasteiger partial charge in [-0.05, 0) is 57.2 Å². The molecule has 1 aliphatic rings. The van der Waals surface area contributed by atoms with Crippen LogP contribution in [0.1, 0.15) is 106 Å². The molecule has 2 N–H and O–H groups in total. The molecule has 0 unspecified atom stereocenters. The van der Waals surface area contributed by atoms with E-state index >= 15 is 0 Å². The lowest BCUT2D eigenvalue weighted by Crippen LogP contribution is -2.43. The third-order valence-corrected chi connectivity index (χ3v) is 10.9. The van der Waals surface area contributed by atoms with Gasteiger partial charge in [-0.2, -0.15) is 0 Å². The second kappa shape index (κ2) is 23.3. The van der Waals surface area contributed by atoms with E-state index in [-0.39, 0.29) is 45.6 Å². The number of rotatable bonds is 20. The maximum absolute atomic E-state index is 14.6. The lowest BCUT2D eigenvalue weighted by molar-refractivity contribution is 0.0598. The summed E-state index contributed by atoms with van der Waals surface area (Å²) in [6.45, 7) is 15.1. The largest absolute Gasteiger partial charge is 0.495 e. The van der Waals surface area contributed by atoms with Crippen molar-refractivity contribution in [3.8, 4) is 11.5 Å². The molecule has 16 heteroatoms. The summed E-state index contributed by atoms with van der Waals surface area (Å²) in [5.74, 6) is 0.768. The van der Waals surface area contributed by atoms with Crippen molar-refractivity contribution in [1.29, 1.82) is 0 Å². The van der Waals surface area contributed by atoms with Crippen LogP contribution < -0.4 is 34.8 Å². The van der Waals surface area contributed by atoms with Crippen molar-refractivity contribution < 1.29 is 33.3 Å². The molecule has 61 heavy (non-hydrogen) atoms. The number of urea groups is 1. The van der Waals surface area contributed by atoms with E-state index in [4.69, 9.17) is 52.6 Å². The van der Waals surface area contributed by atoms with Crippen LogP contribution in [0.5, 0.6) is 11.5 Å². The van der Waals surface area contributed by atoms with Gasteiger partial charge < -0.3 is 34.3 Å².